The minimum absolute atomic E-state index is 0.563. The van der Waals surface area contributed by atoms with Gasteiger partial charge in [0.1, 0.15) is 0 Å². The fraction of sp³-hybridized carbons (Fsp3) is 0.106. The van der Waals surface area contributed by atoms with E-state index in [-0.39, 0.29) is 0 Å². The molecule has 47 heavy (non-hydrogen) atoms. The van der Waals surface area contributed by atoms with Crippen LogP contribution in [0.2, 0.25) is 0 Å². The lowest BCUT2D eigenvalue weighted by molar-refractivity contribution is 0.616. The zero-order valence-electron chi connectivity index (χ0n) is 26.7. The summed E-state index contributed by atoms with van der Waals surface area (Å²) in [5.41, 5.74) is 13.3. The van der Waals surface area contributed by atoms with Gasteiger partial charge in [0, 0.05) is 5.92 Å². The molecule has 0 saturated heterocycles. The van der Waals surface area contributed by atoms with Gasteiger partial charge in [-0.3, -0.25) is 0 Å². The number of allylic oxidation sites excluding steroid dienone is 6. The van der Waals surface area contributed by atoms with E-state index in [1.807, 2.05) is 0 Å². The molecular weight excluding hydrogens is 565 g/mol. The van der Waals surface area contributed by atoms with Gasteiger partial charge < -0.3 is 0 Å². The molecule has 9 rings (SSSR count). The summed E-state index contributed by atoms with van der Waals surface area (Å²) in [5.74, 6) is 0.563. The molecule has 1 atom stereocenters. The maximum Gasteiger partial charge on any atom is 0.00241 e. The van der Waals surface area contributed by atoms with E-state index < -0.39 is 0 Å². The summed E-state index contributed by atoms with van der Waals surface area (Å²) in [6.07, 6.45) is 12.8. The lowest BCUT2D eigenvalue weighted by atomic mass is 9.78. The molecule has 2 aliphatic carbocycles. The van der Waals surface area contributed by atoms with Gasteiger partial charge in [0.2, 0.25) is 0 Å². The van der Waals surface area contributed by atoms with E-state index in [0.29, 0.717) is 5.92 Å². The molecular formula is C47H36. The number of aryl methyl sites for hydroxylation is 1. The molecule has 7 aromatic carbocycles. The normalized spacial score (nSPS) is 15.9. The van der Waals surface area contributed by atoms with Crippen LogP contribution < -0.4 is 0 Å². The molecule has 0 fully saturated rings. The third kappa shape index (κ3) is 4.75. The Balaban J connectivity index is 1.20. The second kappa shape index (κ2) is 11.4. The van der Waals surface area contributed by atoms with Crippen LogP contribution in [0.4, 0.5) is 0 Å². The summed E-state index contributed by atoms with van der Waals surface area (Å²) in [7, 11) is 0. The third-order valence-electron chi connectivity index (χ3n) is 10.4. The van der Waals surface area contributed by atoms with Gasteiger partial charge in [-0.25, -0.2) is 0 Å². The van der Waals surface area contributed by atoms with Crippen molar-refractivity contribution in [2.75, 3.05) is 0 Å². The van der Waals surface area contributed by atoms with Crippen LogP contribution >= 0.6 is 0 Å². The van der Waals surface area contributed by atoms with E-state index in [9.17, 15) is 0 Å². The van der Waals surface area contributed by atoms with E-state index in [1.165, 1.54) is 101 Å². The Hall–Kier alpha value is -5.46. The quantitative estimate of drug-likeness (QED) is 0.176. The summed E-state index contributed by atoms with van der Waals surface area (Å²) in [5, 5.41) is 7.76. The molecule has 7 aromatic rings. The van der Waals surface area contributed by atoms with E-state index in [1.54, 1.807) is 0 Å². The van der Waals surface area contributed by atoms with Gasteiger partial charge in [0.05, 0.1) is 0 Å². The van der Waals surface area contributed by atoms with Crippen molar-refractivity contribution >= 4 is 37.9 Å². The molecule has 0 heteroatoms. The molecule has 0 bridgehead atoms. The molecule has 0 heterocycles. The summed E-state index contributed by atoms with van der Waals surface area (Å²) >= 11 is 0. The van der Waals surface area contributed by atoms with Crippen molar-refractivity contribution in [3.8, 4) is 33.4 Å². The molecule has 2 aliphatic rings. The molecule has 224 valence electrons. The van der Waals surface area contributed by atoms with Crippen molar-refractivity contribution in [1.82, 2.24) is 0 Å². The molecule has 1 unspecified atom stereocenters. The first-order valence-electron chi connectivity index (χ1n) is 17.0. The molecule has 0 aromatic heterocycles. The van der Waals surface area contributed by atoms with Gasteiger partial charge in [-0.1, -0.05) is 163 Å². The van der Waals surface area contributed by atoms with Gasteiger partial charge in [0.15, 0.2) is 0 Å². The fourth-order valence-corrected chi connectivity index (χ4v) is 8.16. The van der Waals surface area contributed by atoms with E-state index in [0.717, 1.165) is 6.42 Å². The van der Waals surface area contributed by atoms with Crippen LogP contribution in [0.3, 0.4) is 0 Å². The van der Waals surface area contributed by atoms with Crippen molar-refractivity contribution in [2.24, 2.45) is 5.92 Å². The molecule has 0 nitrogen and oxygen atoms in total. The summed E-state index contributed by atoms with van der Waals surface area (Å²) < 4.78 is 0. The van der Waals surface area contributed by atoms with E-state index in [4.69, 9.17) is 0 Å². The molecule has 0 spiro atoms. The zero-order chi connectivity index (χ0) is 31.3. The fourth-order valence-electron chi connectivity index (χ4n) is 8.16. The predicted molar refractivity (Wildman–Crippen MR) is 203 cm³/mol. The lowest BCUT2D eigenvalue weighted by Crippen LogP contribution is -2.10. The van der Waals surface area contributed by atoms with Crippen molar-refractivity contribution in [1.29, 1.82) is 0 Å². The number of hydrogen-bond acceptors (Lipinski definition) is 0. The van der Waals surface area contributed by atoms with Crippen LogP contribution in [-0.2, 0) is 0 Å². The Kier molecular flexibility index (Phi) is 6.75. The van der Waals surface area contributed by atoms with Crippen molar-refractivity contribution < 1.29 is 0 Å². The zero-order valence-corrected chi connectivity index (χ0v) is 26.7. The van der Waals surface area contributed by atoms with Crippen LogP contribution in [0.1, 0.15) is 30.4 Å². The van der Waals surface area contributed by atoms with Crippen LogP contribution in [0, 0.1) is 12.8 Å². The Morgan fingerprint density at radius 3 is 1.89 bits per heavy atom. The molecule has 0 radical (unpaired) electrons. The Morgan fingerprint density at radius 2 is 1.13 bits per heavy atom. The Morgan fingerprint density at radius 1 is 0.511 bits per heavy atom. The Bertz CT molecular complexity index is 2410. The monoisotopic (exact) mass is 600 g/mol. The van der Waals surface area contributed by atoms with Gasteiger partial charge in [-0.05, 0) is 109 Å². The maximum atomic E-state index is 2.38. The second-order valence-corrected chi connectivity index (χ2v) is 13.2. The first-order chi connectivity index (χ1) is 23.2. The number of fused-ring (bicyclic) bond motifs is 4. The minimum Gasteiger partial charge on any atom is -0.0770 e. The van der Waals surface area contributed by atoms with Gasteiger partial charge in [-0.2, -0.15) is 0 Å². The topological polar surface area (TPSA) is 0 Å². The van der Waals surface area contributed by atoms with Gasteiger partial charge in [-0.15, -0.1) is 0 Å². The summed E-state index contributed by atoms with van der Waals surface area (Å²) in [6, 6.07) is 49.9. The van der Waals surface area contributed by atoms with Gasteiger partial charge >= 0.3 is 0 Å². The lowest BCUT2D eigenvalue weighted by Gasteiger charge is -2.27. The van der Waals surface area contributed by atoms with Crippen LogP contribution in [0.25, 0.3) is 71.3 Å². The molecule has 0 amide bonds. The average molecular weight is 601 g/mol. The highest BCUT2D eigenvalue weighted by Crippen LogP contribution is 2.45. The van der Waals surface area contributed by atoms with Crippen LogP contribution in [0.5, 0.6) is 0 Å². The highest BCUT2D eigenvalue weighted by atomic mass is 14.3. The first-order valence-corrected chi connectivity index (χ1v) is 17.0. The van der Waals surface area contributed by atoms with Crippen LogP contribution in [-0.4, -0.2) is 0 Å². The minimum atomic E-state index is 0.563. The smallest absolute Gasteiger partial charge is 0.00241 e. The number of hydrogen-bond donors (Lipinski definition) is 0. The average Bonchev–Trinajstić information content (AvgIpc) is 3.13. The number of rotatable bonds is 4. The SMILES string of the molecule is Cc1ccc2c(-c3ccc(-c4cccc5ccccc45)cc3)c3ccccc3c(-c3ccc(C4=C5C=CC=CC5CCC4)cc3)c2c1. The first kappa shape index (κ1) is 27.8. The largest absolute Gasteiger partial charge is 0.0770 e. The number of benzene rings is 7. The van der Waals surface area contributed by atoms with E-state index >= 15 is 0 Å². The molecule has 0 aliphatic heterocycles. The Labute approximate surface area is 277 Å². The predicted octanol–water partition coefficient (Wildman–Crippen LogP) is 13.1. The summed E-state index contributed by atoms with van der Waals surface area (Å²) in [6.45, 7) is 2.21. The van der Waals surface area contributed by atoms with Crippen LogP contribution in [0.15, 0.2) is 163 Å². The second-order valence-electron chi connectivity index (χ2n) is 13.2. The van der Waals surface area contributed by atoms with Gasteiger partial charge in [0.25, 0.3) is 0 Å². The maximum absolute atomic E-state index is 2.38. The third-order valence-corrected chi connectivity index (χ3v) is 10.4. The highest BCUT2D eigenvalue weighted by Gasteiger charge is 2.22. The van der Waals surface area contributed by atoms with Crippen molar-refractivity contribution in [3.05, 3.63) is 174 Å². The highest BCUT2D eigenvalue weighted by molar-refractivity contribution is 6.21. The molecule has 0 saturated carbocycles. The van der Waals surface area contributed by atoms with Crippen molar-refractivity contribution in [3.63, 3.8) is 0 Å². The molecule has 0 N–H and O–H groups in total. The standard InChI is InChI=1S/C47H36/c1-31-20-29-44-45(30-31)47(37-27-23-35(24-28-37)41-19-9-13-33-11-3-5-15-39(33)41)43-17-7-6-16-42(43)46(44)36-25-21-34(22-26-36)40-18-8-12-32-10-2-4-14-38(32)40/h2-8,10-12,14-18,20-30,33H,9,13,19H2,1H3. The van der Waals surface area contributed by atoms with Crippen molar-refractivity contribution in [2.45, 2.75) is 26.2 Å². The summed E-state index contributed by atoms with van der Waals surface area (Å²) in [4.78, 5) is 0. The van der Waals surface area contributed by atoms with E-state index in [2.05, 4.69) is 165 Å².